The summed E-state index contributed by atoms with van der Waals surface area (Å²) < 4.78 is 30.9. The standard InChI is InChI=1S/C18H16F2N4O2/c1-12-14(11-23-24(12)16-8-4-5-9-21-16)17(25)22-10-13-6-2-3-7-15(13)26-18(19)20/h2-9,11,18H,10H2,1H3,(H,22,25). The van der Waals surface area contributed by atoms with Crippen molar-refractivity contribution >= 4 is 5.91 Å². The normalized spacial score (nSPS) is 10.8. The van der Waals surface area contributed by atoms with Gasteiger partial charge in [-0.25, -0.2) is 9.67 Å². The molecule has 3 rings (SSSR count). The molecule has 0 atom stereocenters. The number of aromatic nitrogens is 3. The fourth-order valence-corrected chi connectivity index (χ4v) is 2.47. The van der Waals surface area contributed by atoms with Crippen LogP contribution < -0.4 is 10.1 Å². The number of carbonyl (C=O) groups is 1. The summed E-state index contributed by atoms with van der Waals surface area (Å²) in [5.74, 6) is 0.264. The van der Waals surface area contributed by atoms with Crippen LogP contribution in [0.3, 0.4) is 0 Å². The van der Waals surface area contributed by atoms with E-state index in [-0.39, 0.29) is 18.2 Å². The van der Waals surface area contributed by atoms with Crippen LogP contribution in [-0.4, -0.2) is 27.3 Å². The number of rotatable bonds is 6. The highest BCUT2D eigenvalue weighted by molar-refractivity contribution is 5.95. The molecule has 0 fully saturated rings. The quantitative estimate of drug-likeness (QED) is 0.735. The Kier molecular flexibility index (Phi) is 5.21. The van der Waals surface area contributed by atoms with Crippen LogP contribution in [0.25, 0.3) is 5.82 Å². The van der Waals surface area contributed by atoms with Gasteiger partial charge in [-0.15, -0.1) is 0 Å². The van der Waals surface area contributed by atoms with Crippen molar-refractivity contribution in [1.82, 2.24) is 20.1 Å². The van der Waals surface area contributed by atoms with Gasteiger partial charge in [0, 0.05) is 18.3 Å². The van der Waals surface area contributed by atoms with Crippen molar-refractivity contribution < 1.29 is 18.3 Å². The van der Waals surface area contributed by atoms with Crippen LogP contribution in [0.1, 0.15) is 21.6 Å². The Bertz CT molecular complexity index is 897. The molecular formula is C18H16F2N4O2. The highest BCUT2D eigenvalue weighted by atomic mass is 19.3. The molecule has 26 heavy (non-hydrogen) atoms. The molecule has 0 aliphatic rings. The zero-order valence-corrected chi connectivity index (χ0v) is 13.9. The van der Waals surface area contributed by atoms with Crippen LogP contribution in [-0.2, 0) is 6.54 Å². The lowest BCUT2D eigenvalue weighted by atomic mass is 10.2. The van der Waals surface area contributed by atoms with Gasteiger partial charge >= 0.3 is 6.61 Å². The van der Waals surface area contributed by atoms with E-state index >= 15 is 0 Å². The maximum absolute atomic E-state index is 12.5. The average molecular weight is 358 g/mol. The van der Waals surface area contributed by atoms with E-state index in [1.54, 1.807) is 48.1 Å². The van der Waals surface area contributed by atoms with Crippen molar-refractivity contribution in [1.29, 1.82) is 0 Å². The van der Waals surface area contributed by atoms with Crippen molar-refractivity contribution in [2.75, 3.05) is 0 Å². The molecule has 1 aromatic carbocycles. The van der Waals surface area contributed by atoms with E-state index < -0.39 is 6.61 Å². The molecule has 134 valence electrons. The van der Waals surface area contributed by atoms with Gasteiger partial charge in [-0.3, -0.25) is 4.79 Å². The number of hydrogen-bond acceptors (Lipinski definition) is 4. The third kappa shape index (κ3) is 3.85. The monoisotopic (exact) mass is 358 g/mol. The van der Waals surface area contributed by atoms with Crippen molar-refractivity contribution in [3.05, 3.63) is 71.7 Å². The number of amides is 1. The molecule has 2 heterocycles. The highest BCUT2D eigenvalue weighted by Crippen LogP contribution is 2.20. The number of pyridine rings is 1. The topological polar surface area (TPSA) is 69.0 Å². The molecule has 0 saturated carbocycles. The SMILES string of the molecule is Cc1c(C(=O)NCc2ccccc2OC(F)F)cnn1-c1ccccn1. The van der Waals surface area contributed by atoms with Crippen LogP contribution in [0.15, 0.2) is 54.9 Å². The first-order valence-corrected chi connectivity index (χ1v) is 7.83. The summed E-state index contributed by atoms with van der Waals surface area (Å²) in [5, 5.41) is 6.89. The van der Waals surface area contributed by atoms with Crippen LogP contribution in [0, 0.1) is 6.92 Å². The second-order valence-corrected chi connectivity index (χ2v) is 5.41. The highest BCUT2D eigenvalue weighted by Gasteiger charge is 2.16. The van der Waals surface area contributed by atoms with Gasteiger partial charge in [-0.2, -0.15) is 13.9 Å². The first kappa shape index (κ1) is 17.5. The van der Waals surface area contributed by atoms with Gasteiger partial charge in [0.2, 0.25) is 0 Å². The predicted octanol–water partition coefficient (Wildman–Crippen LogP) is 3.11. The molecule has 0 spiro atoms. The van der Waals surface area contributed by atoms with Gasteiger partial charge in [-0.05, 0) is 25.1 Å². The summed E-state index contributed by atoms with van der Waals surface area (Å²) in [6.45, 7) is -1.12. The number of ether oxygens (including phenoxy) is 1. The number of halogens is 2. The van der Waals surface area contributed by atoms with E-state index in [1.807, 2.05) is 6.07 Å². The van der Waals surface area contributed by atoms with Crippen LogP contribution in [0.4, 0.5) is 8.78 Å². The minimum Gasteiger partial charge on any atom is -0.434 e. The molecule has 0 aliphatic carbocycles. The molecule has 2 aromatic heterocycles. The van der Waals surface area contributed by atoms with Crippen molar-refractivity contribution in [3.63, 3.8) is 0 Å². The van der Waals surface area contributed by atoms with Gasteiger partial charge in [0.25, 0.3) is 5.91 Å². The Hall–Kier alpha value is -3.29. The van der Waals surface area contributed by atoms with E-state index in [9.17, 15) is 13.6 Å². The smallest absolute Gasteiger partial charge is 0.387 e. The molecule has 1 N–H and O–H groups in total. The molecule has 0 unspecified atom stereocenters. The largest absolute Gasteiger partial charge is 0.434 e. The number of carbonyl (C=O) groups excluding carboxylic acids is 1. The minimum absolute atomic E-state index is 0.0312. The van der Waals surface area contributed by atoms with Gasteiger partial charge in [-0.1, -0.05) is 24.3 Å². The maximum atomic E-state index is 12.5. The Labute approximate surface area is 148 Å². The van der Waals surface area contributed by atoms with Crippen LogP contribution in [0.2, 0.25) is 0 Å². The number of para-hydroxylation sites is 1. The van der Waals surface area contributed by atoms with E-state index in [1.165, 1.54) is 12.3 Å². The molecule has 6 nitrogen and oxygen atoms in total. The molecule has 3 aromatic rings. The second kappa shape index (κ2) is 7.73. The zero-order chi connectivity index (χ0) is 18.5. The lowest BCUT2D eigenvalue weighted by Crippen LogP contribution is -2.24. The minimum atomic E-state index is -2.93. The Balaban J connectivity index is 1.73. The summed E-state index contributed by atoms with van der Waals surface area (Å²) in [5.41, 5.74) is 1.46. The third-order valence-electron chi connectivity index (χ3n) is 3.75. The van der Waals surface area contributed by atoms with Crippen molar-refractivity contribution in [2.24, 2.45) is 0 Å². The number of hydrogen-bond donors (Lipinski definition) is 1. The van der Waals surface area contributed by atoms with Gasteiger partial charge in [0.1, 0.15) is 5.75 Å². The van der Waals surface area contributed by atoms with Crippen LogP contribution in [0.5, 0.6) is 5.75 Å². The predicted molar refractivity (Wildman–Crippen MR) is 90.3 cm³/mol. The molecule has 0 saturated heterocycles. The second-order valence-electron chi connectivity index (χ2n) is 5.41. The zero-order valence-electron chi connectivity index (χ0n) is 13.9. The van der Waals surface area contributed by atoms with Gasteiger partial charge in [0.15, 0.2) is 5.82 Å². The van der Waals surface area contributed by atoms with Crippen molar-refractivity contribution in [3.8, 4) is 11.6 Å². The van der Waals surface area contributed by atoms with Crippen molar-refractivity contribution in [2.45, 2.75) is 20.1 Å². The molecular weight excluding hydrogens is 342 g/mol. The fraction of sp³-hybridized carbons (Fsp3) is 0.167. The molecule has 0 radical (unpaired) electrons. The lowest BCUT2D eigenvalue weighted by molar-refractivity contribution is -0.0504. The van der Waals surface area contributed by atoms with Gasteiger partial charge in [0.05, 0.1) is 17.5 Å². The number of nitrogens with one attached hydrogen (secondary N) is 1. The maximum Gasteiger partial charge on any atom is 0.387 e. The summed E-state index contributed by atoms with van der Waals surface area (Å²) in [6.07, 6.45) is 3.08. The first-order chi connectivity index (χ1) is 12.6. The van der Waals surface area contributed by atoms with E-state index in [0.717, 1.165) is 0 Å². The average Bonchev–Trinajstić information content (AvgIpc) is 3.02. The molecule has 0 aliphatic heterocycles. The number of benzene rings is 1. The molecule has 1 amide bonds. The van der Waals surface area contributed by atoms with E-state index in [4.69, 9.17) is 0 Å². The van der Waals surface area contributed by atoms with Gasteiger partial charge < -0.3 is 10.1 Å². The van der Waals surface area contributed by atoms with Crippen LogP contribution >= 0.6 is 0 Å². The lowest BCUT2D eigenvalue weighted by Gasteiger charge is -2.11. The first-order valence-electron chi connectivity index (χ1n) is 7.83. The summed E-state index contributed by atoms with van der Waals surface area (Å²) in [7, 11) is 0. The third-order valence-corrected chi connectivity index (χ3v) is 3.75. The summed E-state index contributed by atoms with van der Waals surface area (Å²) in [6, 6.07) is 11.7. The Morgan fingerprint density at radius 1 is 1.23 bits per heavy atom. The number of alkyl halides is 2. The summed E-state index contributed by atoms with van der Waals surface area (Å²) in [4.78, 5) is 16.6. The molecule has 8 heteroatoms. The Morgan fingerprint density at radius 2 is 2.00 bits per heavy atom. The number of nitrogens with zero attached hydrogens (tertiary/aromatic N) is 3. The Morgan fingerprint density at radius 3 is 2.73 bits per heavy atom. The summed E-state index contributed by atoms with van der Waals surface area (Å²) >= 11 is 0. The van der Waals surface area contributed by atoms with E-state index in [0.29, 0.717) is 22.6 Å². The van der Waals surface area contributed by atoms with E-state index in [2.05, 4.69) is 20.1 Å². The fourth-order valence-electron chi connectivity index (χ4n) is 2.47. The molecule has 0 bridgehead atoms.